The fourth-order valence-corrected chi connectivity index (χ4v) is 6.21. The molecule has 0 fully saturated rings. The van der Waals surface area contributed by atoms with Gasteiger partial charge in [0.25, 0.3) is 5.91 Å². The standard InChI is InChI=1S/C45H82N8O18/c1-43(2,3)69-40(65)48-23-15-12-18-26(34(58)50-27(19-13-16-24-49-41(66)70-44(4,5)6)35(59)52-29(39(64)68-10)20-11-14-22-46)51-36(60)28(53-42(67)71-45(7,8)9)21-17-25-47-37(61)32(56)30(54)31(55)33(57)38(62)63/h26-33,54-57H,11-25,46H2,1-10H3,(H,47,61)(H,48,65)(H,49,66)(H,50,58)(H,51,60)(H,52,59)(H,53,67)(H,62,63)/t26-,27-,28-,29-,30+,31-,32-,33+/m0/s1. The molecule has 14 N–H and O–H groups in total. The Bertz CT molecular complexity index is 1720. The summed E-state index contributed by atoms with van der Waals surface area (Å²) in [6.45, 7) is 15.1. The molecule has 410 valence electrons. The van der Waals surface area contributed by atoms with Gasteiger partial charge in [-0.3, -0.25) is 19.2 Å². The van der Waals surface area contributed by atoms with Crippen molar-refractivity contribution in [1.29, 1.82) is 0 Å². The van der Waals surface area contributed by atoms with E-state index in [2.05, 4.69) is 37.2 Å². The van der Waals surface area contributed by atoms with E-state index in [1.807, 2.05) is 0 Å². The number of methoxy groups -OCH3 is 1. The van der Waals surface area contributed by atoms with Crippen LogP contribution in [0.1, 0.15) is 133 Å². The largest absolute Gasteiger partial charge is 0.479 e. The summed E-state index contributed by atoms with van der Waals surface area (Å²) in [7, 11) is 1.15. The zero-order valence-electron chi connectivity index (χ0n) is 42.8. The van der Waals surface area contributed by atoms with Crippen LogP contribution in [-0.4, -0.2) is 178 Å². The molecule has 0 heterocycles. The molecule has 0 rings (SSSR count). The van der Waals surface area contributed by atoms with Gasteiger partial charge in [-0.2, -0.15) is 0 Å². The quantitative estimate of drug-likeness (QED) is 0.0235. The number of aliphatic carboxylic acids is 1. The third kappa shape index (κ3) is 30.0. The van der Waals surface area contributed by atoms with Gasteiger partial charge in [-0.1, -0.05) is 0 Å². The van der Waals surface area contributed by atoms with E-state index in [1.165, 1.54) is 0 Å². The van der Waals surface area contributed by atoms with Crippen molar-refractivity contribution in [3.63, 3.8) is 0 Å². The van der Waals surface area contributed by atoms with E-state index in [0.29, 0.717) is 25.8 Å². The molecule has 0 unspecified atom stereocenters. The lowest BCUT2D eigenvalue weighted by molar-refractivity contribution is -0.166. The first kappa shape index (κ1) is 65.4. The maximum Gasteiger partial charge on any atom is 0.408 e. The summed E-state index contributed by atoms with van der Waals surface area (Å²) >= 11 is 0. The number of carbonyl (C=O) groups is 9. The van der Waals surface area contributed by atoms with Crippen molar-refractivity contribution in [2.24, 2.45) is 5.73 Å². The Morgan fingerprint density at radius 3 is 1.21 bits per heavy atom. The fraction of sp³-hybridized carbons (Fsp3) is 0.800. The summed E-state index contributed by atoms with van der Waals surface area (Å²) in [5.41, 5.74) is 3.09. The van der Waals surface area contributed by atoms with Gasteiger partial charge in [0.2, 0.25) is 17.7 Å². The molecule has 0 aromatic rings. The molecule has 8 atom stereocenters. The SMILES string of the molecule is COC(=O)[C@H](CCCCN)NC(=O)[C@H](CCCCNC(=O)OC(C)(C)C)NC(=O)[C@H](CCCCNC(=O)OC(C)(C)C)NC(=O)[C@H](CCCNC(=O)[C@@H](O)[C@H](O)[C@H](O)[C@@H](O)C(=O)O)NC(=O)OC(C)(C)C. The number of amides is 7. The number of nitrogens with two attached hydrogens (primary N) is 1. The molecule has 26 nitrogen and oxygen atoms in total. The van der Waals surface area contributed by atoms with Crippen LogP contribution in [-0.2, 0) is 47.7 Å². The molecule has 0 aromatic heterocycles. The second kappa shape index (κ2) is 32.4. The van der Waals surface area contributed by atoms with E-state index in [4.69, 9.17) is 29.8 Å². The molecule has 0 bridgehead atoms. The summed E-state index contributed by atoms with van der Waals surface area (Å²) < 4.78 is 20.8. The lowest BCUT2D eigenvalue weighted by atomic mass is 10.0. The predicted molar refractivity (Wildman–Crippen MR) is 254 cm³/mol. The third-order valence-electron chi connectivity index (χ3n) is 9.69. The zero-order valence-corrected chi connectivity index (χ0v) is 42.8. The number of aliphatic hydroxyl groups excluding tert-OH is 4. The van der Waals surface area contributed by atoms with Crippen LogP contribution in [0.2, 0.25) is 0 Å². The number of carbonyl (C=O) groups excluding carboxylic acids is 8. The first-order valence-corrected chi connectivity index (χ1v) is 23.7. The van der Waals surface area contributed by atoms with Crippen molar-refractivity contribution in [3.05, 3.63) is 0 Å². The van der Waals surface area contributed by atoms with Crippen molar-refractivity contribution >= 4 is 53.8 Å². The molecule has 0 aliphatic rings. The molecule has 0 radical (unpaired) electrons. The van der Waals surface area contributed by atoms with Crippen LogP contribution in [0.25, 0.3) is 0 Å². The van der Waals surface area contributed by atoms with Gasteiger partial charge in [0.1, 0.15) is 53.2 Å². The molecule has 0 aliphatic heterocycles. The average molecular weight is 1020 g/mol. The number of unbranched alkanes of at least 4 members (excludes halogenated alkanes) is 3. The van der Waals surface area contributed by atoms with Gasteiger partial charge < -0.3 is 87.4 Å². The number of carboxylic acid groups (broad SMARTS) is 1. The Morgan fingerprint density at radius 2 is 0.803 bits per heavy atom. The Balaban J connectivity index is 6.67. The van der Waals surface area contributed by atoms with Crippen LogP contribution in [0.15, 0.2) is 0 Å². The maximum atomic E-state index is 14.3. The fourth-order valence-electron chi connectivity index (χ4n) is 6.21. The highest BCUT2D eigenvalue weighted by Gasteiger charge is 2.38. The molecular weight excluding hydrogens is 941 g/mol. The second-order valence-electron chi connectivity index (χ2n) is 19.7. The zero-order chi connectivity index (χ0) is 54.7. The molecule has 7 amide bonds. The molecule has 0 aromatic carbocycles. The first-order valence-electron chi connectivity index (χ1n) is 23.7. The third-order valence-corrected chi connectivity index (χ3v) is 9.69. The Labute approximate surface area is 415 Å². The van der Waals surface area contributed by atoms with E-state index >= 15 is 0 Å². The minimum atomic E-state index is -2.52. The molecule has 0 saturated heterocycles. The predicted octanol–water partition coefficient (Wildman–Crippen LogP) is -0.549. The van der Waals surface area contributed by atoms with Gasteiger partial charge in [-0.05, 0) is 139 Å². The number of nitrogens with one attached hydrogen (secondary N) is 7. The second-order valence-corrected chi connectivity index (χ2v) is 19.7. The van der Waals surface area contributed by atoms with Gasteiger partial charge >= 0.3 is 30.2 Å². The minimum absolute atomic E-state index is 0.00981. The van der Waals surface area contributed by atoms with Crippen molar-refractivity contribution < 1.29 is 87.6 Å². The minimum Gasteiger partial charge on any atom is -0.479 e. The van der Waals surface area contributed by atoms with Crippen molar-refractivity contribution in [1.82, 2.24) is 37.2 Å². The molecule has 0 spiro atoms. The Hall–Kier alpha value is -5.57. The lowest BCUT2D eigenvalue weighted by Crippen LogP contribution is -2.58. The number of hydrogen-bond donors (Lipinski definition) is 13. The van der Waals surface area contributed by atoms with Crippen molar-refractivity contribution in [3.8, 4) is 0 Å². The van der Waals surface area contributed by atoms with E-state index in [-0.39, 0.29) is 71.0 Å². The highest BCUT2D eigenvalue weighted by atomic mass is 16.6. The maximum absolute atomic E-state index is 14.3. The molecule has 0 saturated carbocycles. The highest BCUT2D eigenvalue weighted by molar-refractivity contribution is 5.95. The van der Waals surface area contributed by atoms with E-state index in [1.54, 1.807) is 62.3 Å². The number of ether oxygens (including phenoxy) is 4. The molecular formula is C45H82N8O18. The van der Waals surface area contributed by atoms with E-state index in [9.17, 15) is 63.6 Å². The summed E-state index contributed by atoms with van der Waals surface area (Å²) in [6.07, 6.45) is -10.4. The van der Waals surface area contributed by atoms with Gasteiger partial charge in [0, 0.05) is 19.6 Å². The smallest absolute Gasteiger partial charge is 0.408 e. The van der Waals surface area contributed by atoms with Gasteiger partial charge in [-0.15, -0.1) is 0 Å². The number of esters is 1. The Kier molecular flexibility index (Phi) is 29.9. The van der Waals surface area contributed by atoms with Crippen LogP contribution >= 0.6 is 0 Å². The first-order chi connectivity index (χ1) is 32.8. The number of alkyl carbamates (subject to hydrolysis) is 3. The lowest BCUT2D eigenvalue weighted by Gasteiger charge is -2.27. The number of rotatable bonds is 31. The van der Waals surface area contributed by atoms with E-state index in [0.717, 1.165) is 7.11 Å². The highest BCUT2D eigenvalue weighted by Crippen LogP contribution is 2.13. The van der Waals surface area contributed by atoms with Gasteiger partial charge in [0.15, 0.2) is 12.2 Å². The summed E-state index contributed by atoms with van der Waals surface area (Å²) in [5, 5.41) is 66.3. The molecule has 26 heteroatoms. The van der Waals surface area contributed by atoms with Crippen molar-refractivity contribution in [2.45, 2.75) is 198 Å². The average Bonchev–Trinajstić information content (AvgIpc) is 3.25. The van der Waals surface area contributed by atoms with Crippen LogP contribution in [0.4, 0.5) is 14.4 Å². The Morgan fingerprint density at radius 1 is 0.451 bits per heavy atom. The van der Waals surface area contributed by atoms with Crippen LogP contribution in [0.5, 0.6) is 0 Å². The van der Waals surface area contributed by atoms with E-state index < -0.39 is 119 Å². The monoisotopic (exact) mass is 1020 g/mol. The number of hydrogen-bond acceptors (Lipinski definition) is 18. The molecule has 71 heavy (non-hydrogen) atoms. The van der Waals surface area contributed by atoms with Crippen LogP contribution < -0.4 is 43.0 Å². The summed E-state index contributed by atoms with van der Waals surface area (Å²) in [4.78, 5) is 116. The van der Waals surface area contributed by atoms with Crippen molar-refractivity contribution in [2.75, 3.05) is 33.3 Å². The number of aliphatic hydroxyl groups is 4. The topological polar surface area (TPSA) is 402 Å². The van der Waals surface area contributed by atoms with Crippen LogP contribution in [0.3, 0.4) is 0 Å². The molecule has 0 aliphatic carbocycles. The summed E-state index contributed by atoms with van der Waals surface area (Å²) in [6, 6.07) is -5.27. The number of carboxylic acids is 1. The summed E-state index contributed by atoms with van der Waals surface area (Å²) in [5.74, 6) is -6.47. The van der Waals surface area contributed by atoms with Gasteiger partial charge in [-0.25, -0.2) is 24.0 Å². The van der Waals surface area contributed by atoms with Gasteiger partial charge in [0.05, 0.1) is 7.11 Å². The normalized spacial score (nSPS) is 15.1. The van der Waals surface area contributed by atoms with Crippen LogP contribution in [0, 0.1) is 0 Å².